The molecule has 0 aliphatic carbocycles. The van der Waals surface area contributed by atoms with Gasteiger partial charge < -0.3 is 9.50 Å². The molecule has 0 bridgehead atoms. The van der Waals surface area contributed by atoms with Crippen LogP contribution in [0.3, 0.4) is 0 Å². The Kier molecular flexibility index (Phi) is 9.85. The number of hydrogen-bond acceptors (Lipinski definition) is 4. The molecule has 174 valence electrons. The number of carbonyl (C=O) groups is 1. The molecule has 0 aliphatic rings. The second-order valence-electron chi connectivity index (χ2n) is 8.17. The summed E-state index contributed by atoms with van der Waals surface area (Å²) in [6.07, 6.45) is 1.32. The Morgan fingerprint density at radius 3 is 2.18 bits per heavy atom. The van der Waals surface area contributed by atoms with Crippen LogP contribution in [0.25, 0.3) is 0 Å². The molecule has 3 aromatic carbocycles. The van der Waals surface area contributed by atoms with Crippen LogP contribution >= 0.6 is 23.8 Å². The topological polar surface area (TPSA) is 38.3 Å². The number of benzene rings is 3. The number of thioether (sulfide) groups is 1. The molecule has 3 rings (SSSR count). The largest absolute Gasteiger partial charge is 0.326 e. The minimum absolute atomic E-state index is 0.0487. The minimum atomic E-state index is -0.222. The maximum Gasteiger partial charge on any atom is 0.228 e. The van der Waals surface area contributed by atoms with Crippen molar-refractivity contribution in [2.75, 3.05) is 11.9 Å². The van der Waals surface area contributed by atoms with Gasteiger partial charge in [0.2, 0.25) is 5.91 Å². The predicted octanol–water partition coefficient (Wildman–Crippen LogP) is 7.93. The third kappa shape index (κ3) is 8.54. The number of halogens is 1. The lowest BCUT2D eigenvalue weighted by atomic mass is 10.0. The van der Waals surface area contributed by atoms with Crippen molar-refractivity contribution in [2.24, 2.45) is 5.92 Å². The number of rotatable bonds is 11. The molecule has 1 N–H and O–H groups in total. The van der Waals surface area contributed by atoms with Gasteiger partial charge in [-0.25, -0.2) is 4.39 Å². The smallest absolute Gasteiger partial charge is 0.228 e. The first kappa shape index (κ1) is 25.3. The van der Waals surface area contributed by atoms with Gasteiger partial charge >= 0.3 is 0 Å². The molecule has 1 atom stereocenters. The van der Waals surface area contributed by atoms with E-state index in [2.05, 4.69) is 31.3 Å². The summed E-state index contributed by atoms with van der Waals surface area (Å²) in [4.78, 5) is 14.6. The van der Waals surface area contributed by atoms with Gasteiger partial charge in [0.05, 0.1) is 13.0 Å². The fourth-order valence-corrected chi connectivity index (χ4v) is 5.22. The summed E-state index contributed by atoms with van der Waals surface area (Å²) in [6.45, 7) is 7.01. The van der Waals surface area contributed by atoms with Gasteiger partial charge in [0.25, 0.3) is 0 Å². The molecule has 0 heterocycles. The molecule has 3 aromatic rings. The molecule has 0 fully saturated rings. The van der Waals surface area contributed by atoms with Crippen LogP contribution in [0.15, 0.2) is 82.6 Å². The Morgan fingerprint density at radius 2 is 1.58 bits per heavy atom. The Balaban J connectivity index is 1.60. The lowest BCUT2D eigenvalue weighted by Crippen LogP contribution is -2.14. The minimum Gasteiger partial charge on any atom is -0.326 e. The highest BCUT2D eigenvalue weighted by Gasteiger charge is 2.16. The number of carbonyl (C=O) groups excluding carboxylic acids is 1. The zero-order chi connectivity index (χ0) is 23.6. The fourth-order valence-electron chi connectivity index (χ4n) is 3.32. The number of hydrogen-bond donors (Lipinski definition) is 1. The lowest BCUT2D eigenvalue weighted by Gasteiger charge is -2.20. The maximum atomic E-state index is 13.3. The molecule has 0 radical (unpaired) electrons. The van der Waals surface area contributed by atoms with Crippen molar-refractivity contribution in [3.63, 3.8) is 0 Å². The van der Waals surface area contributed by atoms with Crippen molar-refractivity contribution in [1.29, 1.82) is 0 Å². The second-order valence-corrected chi connectivity index (χ2v) is 10.3. The Labute approximate surface area is 204 Å². The van der Waals surface area contributed by atoms with Crippen LogP contribution in [0.4, 0.5) is 10.1 Å². The summed E-state index contributed by atoms with van der Waals surface area (Å²) in [7, 11) is 0. The molecule has 0 spiro atoms. The maximum absolute atomic E-state index is 13.3. The molecule has 0 saturated heterocycles. The van der Waals surface area contributed by atoms with E-state index in [1.165, 1.54) is 29.7 Å². The summed E-state index contributed by atoms with van der Waals surface area (Å²) in [5.74, 6) is 0.258. The molecular weight excluding hydrogens is 453 g/mol. The van der Waals surface area contributed by atoms with E-state index in [-0.39, 0.29) is 17.0 Å². The van der Waals surface area contributed by atoms with Gasteiger partial charge in [-0.2, -0.15) is 0 Å². The van der Waals surface area contributed by atoms with E-state index in [4.69, 9.17) is 4.18 Å². The van der Waals surface area contributed by atoms with Gasteiger partial charge in [-0.15, -0.1) is 11.8 Å². The van der Waals surface area contributed by atoms with Gasteiger partial charge in [0.15, 0.2) is 0 Å². The number of anilines is 1. The van der Waals surface area contributed by atoms with E-state index in [1.54, 1.807) is 11.8 Å². The molecule has 1 amide bonds. The first-order valence-corrected chi connectivity index (χ1v) is 12.8. The van der Waals surface area contributed by atoms with E-state index >= 15 is 0 Å². The highest BCUT2D eigenvalue weighted by molar-refractivity contribution is 7.99. The highest BCUT2D eigenvalue weighted by atomic mass is 32.2. The second kappa shape index (κ2) is 12.8. The van der Waals surface area contributed by atoms with Crippen LogP contribution in [-0.4, -0.2) is 12.5 Å². The van der Waals surface area contributed by atoms with Gasteiger partial charge in [-0.1, -0.05) is 38.1 Å². The first-order chi connectivity index (χ1) is 15.9. The van der Waals surface area contributed by atoms with Crippen LogP contribution in [0.2, 0.25) is 0 Å². The standard InChI is InChI=1S/C27H30FNO2S2/c1-4-31-33-25-13-5-20(6-14-25)18-27(30)29-23-11-7-21(8-12-23)26(17-19(2)3)32-24-15-9-22(28)10-16-24/h5-16,19,26H,4,17-18H2,1-3H3,(H,29,30). The molecular formula is C27H30FNO2S2. The van der Waals surface area contributed by atoms with Crippen molar-refractivity contribution in [3.05, 3.63) is 89.7 Å². The van der Waals surface area contributed by atoms with Crippen LogP contribution < -0.4 is 5.32 Å². The van der Waals surface area contributed by atoms with Crippen molar-refractivity contribution in [3.8, 4) is 0 Å². The van der Waals surface area contributed by atoms with Crippen LogP contribution in [-0.2, 0) is 15.4 Å². The van der Waals surface area contributed by atoms with Gasteiger partial charge in [0, 0.05) is 32.8 Å². The summed E-state index contributed by atoms with van der Waals surface area (Å²) >= 11 is 3.08. The monoisotopic (exact) mass is 483 g/mol. The van der Waals surface area contributed by atoms with E-state index in [0.29, 0.717) is 18.9 Å². The average molecular weight is 484 g/mol. The Bertz CT molecular complexity index is 1010. The first-order valence-electron chi connectivity index (χ1n) is 11.1. The molecule has 3 nitrogen and oxygen atoms in total. The van der Waals surface area contributed by atoms with E-state index in [9.17, 15) is 9.18 Å². The molecule has 0 saturated carbocycles. The molecule has 0 aliphatic heterocycles. The summed E-state index contributed by atoms with van der Waals surface area (Å²) in [5.41, 5.74) is 2.93. The van der Waals surface area contributed by atoms with Crippen molar-refractivity contribution in [1.82, 2.24) is 0 Å². The lowest BCUT2D eigenvalue weighted by molar-refractivity contribution is -0.115. The van der Waals surface area contributed by atoms with Gasteiger partial charge in [0.1, 0.15) is 5.82 Å². The van der Waals surface area contributed by atoms with Gasteiger partial charge in [-0.05, 0) is 78.9 Å². The third-order valence-electron chi connectivity index (χ3n) is 4.90. The fraction of sp³-hybridized carbons (Fsp3) is 0.296. The van der Waals surface area contributed by atoms with Crippen molar-refractivity contribution in [2.45, 2.75) is 48.7 Å². The van der Waals surface area contributed by atoms with Crippen molar-refractivity contribution >= 4 is 35.4 Å². The van der Waals surface area contributed by atoms with Gasteiger partial charge in [-0.3, -0.25) is 4.79 Å². The molecule has 6 heteroatoms. The average Bonchev–Trinajstić information content (AvgIpc) is 2.80. The molecule has 0 aromatic heterocycles. The summed E-state index contributed by atoms with van der Waals surface area (Å²) in [6, 6.07) is 22.5. The highest BCUT2D eigenvalue weighted by Crippen LogP contribution is 2.40. The van der Waals surface area contributed by atoms with Crippen LogP contribution in [0, 0.1) is 11.7 Å². The molecule has 1 unspecified atom stereocenters. The predicted molar refractivity (Wildman–Crippen MR) is 137 cm³/mol. The van der Waals surface area contributed by atoms with E-state index in [1.807, 2.05) is 55.5 Å². The zero-order valence-corrected chi connectivity index (χ0v) is 20.8. The van der Waals surface area contributed by atoms with Crippen molar-refractivity contribution < 1.29 is 13.4 Å². The van der Waals surface area contributed by atoms with Crippen LogP contribution in [0.1, 0.15) is 43.6 Å². The summed E-state index contributed by atoms with van der Waals surface area (Å²) < 4.78 is 18.6. The quantitative estimate of drug-likeness (QED) is 0.222. The van der Waals surface area contributed by atoms with E-state index in [0.717, 1.165) is 27.5 Å². The van der Waals surface area contributed by atoms with Crippen LogP contribution in [0.5, 0.6) is 0 Å². The normalized spacial score (nSPS) is 12.0. The Hall–Kier alpha value is -2.28. The molecule has 33 heavy (non-hydrogen) atoms. The number of nitrogens with one attached hydrogen (secondary N) is 1. The van der Waals surface area contributed by atoms with E-state index < -0.39 is 0 Å². The SMILES string of the molecule is CCOSc1ccc(CC(=O)Nc2ccc(C(CC(C)C)Sc3ccc(F)cc3)cc2)cc1. The zero-order valence-electron chi connectivity index (χ0n) is 19.2. The third-order valence-corrected chi connectivity index (χ3v) is 7.02. The Morgan fingerprint density at radius 1 is 0.939 bits per heavy atom. The number of amides is 1. The summed E-state index contributed by atoms with van der Waals surface area (Å²) in [5, 5.41) is 3.24.